The van der Waals surface area contributed by atoms with E-state index < -0.39 is 11.6 Å². The number of benzene rings is 1. The number of piperidine rings is 1. The largest absolute Gasteiger partial charge is 0.491 e. The molecule has 1 unspecified atom stereocenters. The van der Waals surface area contributed by atoms with Crippen molar-refractivity contribution in [1.82, 2.24) is 15.1 Å². The Bertz CT molecular complexity index is 834. The molecule has 3 rings (SSSR count). The van der Waals surface area contributed by atoms with Crippen LogP contribution in [0.15, 0.2) is 18.2 Å². The number of halogens is 1. The predicted molar refractivity (Wildman–Crippen MR) is 132 cm³/mol. The molecule has 1 aromatic rings. The number of piperazine rings is 1. The highest BCUT2D eigenvalue weighted by Gasteiger charge is 2.53. The van der Waals surface area contributed by atoms with Crippen molar-refractivity contribution in [3.8, 4) is 5.75 Å². The number of likely N-dealkylation sites (tertiary alicyclic amines) is 1. The van der Waals surface area contributed by atoms with Crippen molar-refractivity contribution in [2.24, 2.45) is 5.92 Å². The molecule has 0 aliphatic carbocycles. The van der Waals surface area contributed by atoms with Gasteiger partial charge in [-0.3, -0.25) is 14.5 Å². The van der Waals surface area contributed by atoms with Gasteiger partial charge in [0.25, 0.3) is 0 Å². The van der Waals surface area contributed by atoms with Gasteiger partial charge >= 0.3 is 0 Å². The van der Waals surface area contributed by atoms with Crippen molar-refractivity contribution in [3.63, 3.8) is 0 Å². The quantitative estimate of drug-likeness (QED) is 0.563. The second-order valence-corrected chi connectivity index (χ2v) is 10.6. The van der Waals surface area contributed by atoms with Crippen LogP contribution in [-0.2, 0) is 16.1 Å². The maximum atomic E-state index is 13.4. The van der Waals surface area contributed by atoms with Gasteiger partial charge < -0.3 is 15.0 Å². The van der Waals surface area contributed by atoms with Crippen molar-refractivity contribution < 1.29 is 14.3 Å². The summed E-state index contributed by atoms with van der Waals surface area (Å²) < 4.78 is 5.73. The van der Waals surface area contributed by atoms with Gasteiger partial charge in [0, 0.05) is 31.2 Å². The summed E-state index contributed by atoms with van der Waals surface area (Å²) in [7, 11) is 0. The molecule has 184 valence electrons. The van der Waals surface area contributed by atoms with Crippen LogP contribution in [0.3, 0.4) is 0 Å². The number of nitrogens with one attached hydrogen (secondary N) is 1. The highest BCUT2D eigenvalue weighted by atomic mass is 35.5. The molecule has 0 bridgehead atoms. The predicted octanol–water partition coefficient (Wildman–Crippen LogP) is 4.64. The van der Waals surface area contributed by atoms with Crippen molar-refractivity contribution in [2.75, 3.05) is 19.6 Å². The second kappa shape index (κ2) is 11.1. The molecule has 2 aliphatic rings. The molecule has 1 N–H and O–H groups in total. The van der Waals surface area contributed by atoms with Gasteiger partial charge in [0.2, 0.25) is 11.8 Å². The Labute approximate surface area is 204 Å². The van der Waals surface area contributed by atoms with Crippen LogP contribution in [0, 0.1) is 5.92 Å². The molecule has 6 nitrogen and oxygen atoms in total. The van der Waals surface area contributed by atoms with Crippen molar-refractivity contribution in [3.05, 3.63) is 28.8 Å². The average Bonchev–Trinajstić information content (AvgIpc) is 2.74. The van der Waals surface area contributed by atoms with Crippen LogP contribution in [0.1, 0.15) is 72.3 Å². The average molecular weight is 478 g/mol. The Hall–Kier alpha value is -1.79. The number of rotatable bonds is 9. The molecule has 2 fully saturated rings. The summed E-state index contributed by atoms with van der Waals surface area (Å²) >= 11 is 6.53. The summed E-state index contributed by atoms with van der Waals surface area (Å²) in [5, 5.41) is 3.77. The summed E-state index contributed by atoms with van der Waals surface area (Å²) in [4.78, 5) is 31.0. The molecule has 1 aromatic carbocycles. The number of unbranched alkanes of at least 4 members (excludes halogenated alkanes) is 1. The standard InChI is InChI=1S/C26H40ClN3O3/c1-6-7-12-30-24(31)23(15-18(2)3)28-25(32)26(30)10-13-29(14-11-26)17-20-8-9-21(16-22(20)27)33-19(4)5/h8-9,16,18-19,23H,6-7,10-15,17H2,1-5H3,(H,28,32). The third-order valence-corrected chi connectivity index (χ3v) is 7.08. The van der Waals surface area contributed by atoms with Crippen LogP contribution in [0.4, 0.5) is 0 Å². The van der Waals surface area contributed by atoms with Gasteiger partial charge in [-0.1, -0.05) is 44.9 Å². The van der Waals surface area contributed by atoms with E-state index in [0.717, 1.165) is 43.8 Å². The number of hydrogen-bond acceptors (Lipinski definition) is 4. The molecule has 0 saturated carbocycles. The fourth-order valence-corrected chi connectivity index (χ4v) is 5.20. The molecule has 2 heterocycles. The fraction of sp³-hybridized carbons (Fsp3) is 0.692. The van der Waals surface area contributed by atoms with E-state index in [0.29, 0.717) is 36.7 Å². The molecule has 2 amide bonds. The zero-order valence-corrected chi connectivity index (χ0v) is 21.6. The Morgan fingerprint density at radius 2 is 1.88 bits per heavy atom. The number of ether oxygens (including phenoxy) is 1. The molecular weight excluding hydrogens is 438 g/mol. The van der Waals surface area contributed by atoms with E-state index in [1.807, 2.05) is 36.9 Å². The maximum absolute atomic E-state index is 13.4. The first kappa shape index (κ1) is 25.8. The summed E-state index contributed by atoms with van der Waals surface area (Å²) in [5.41, 5.74) is 0.322. The molecule has 1 atom stereocenters. The summed E-state index contributed by atoms with van der Waals surface area (Å²) in [6.07, 6.45) is 4.00. The fourth-order valence-electron chi connectivity index (χ4n) is 4.97. The second-order valence-electron chi connectivity index (χ2n) is 10.2. The third kappa shape index (κ3) is 6.02. The van der Waals surface area contributed by atoms with E-state index in [4.69, 9.17) is 16.3 Å². The minimum Gasteiger partial charge on any atom is -0.491 e. The Morgan fingerprint density at radius 3 is 2.45 bits per heavy atom. The van der Waals surface area contributed by atoms with E-state index in [2.05, 4.69) is 31.0 Å². The molecular formula is C26H40ClN3O3. The van der Waals surface area contributed by atoms with Gasteiger partial charge in [-0.25, -0.2) is 0 Å². The Kier molecular flexibility index (Phi) is 8.68. The molecule has 0 radical (unpaired) electrons. The normalized spacial score (nSPS) is 21.2. The van der Waals surface area contributed by atoms with Gasteiger partial charge in [0.05, 0.1) is 6.10 Å². The Morgan fingerprint density at radius 1 is 1.18 bits per heavy atom. The SMILES string of the molecule is CCCCN1C(=O)C(CC(C)C)NC(=O)C12CCN(Cc1ccc(OC(C)C)cc1Cl)CC2. The van der Waals surface area contributed by atoms with Crippen molar-refractivity contribution in [2.45, 2.75) is 91.0 Å². The van der Waals surface area contributed by atoms with Gasteiger partial charge in [0.1, 0.15) is 17.3 Å². The van der Waals surface area contributed by atoms with E-state index in [1.54, 1.807) is 0 Å². The first-order valence-corrected chi connectivity index (χ1v) is 12.8. The summed E-state index contributed by atoms with van der Waals surface area (Å²) in [6, 6.07) is 5.45. The smallest absolute Gasteiger partial charge is 0.246 e. The van der Waals surface area contributed by atoms with E-state index >= 15 is 0 Å². The van der Waals surface area contributed by atoms with Gasteiger partial charge in [-0.2, -0.15) is 0 Å². The molecule has 1 spiro atoms. The monoisotopic (exact) mass is 477 g/mol. The molecule has 33 heavy (non-hydrogen) atoms. The minimum atomic E-state index is -0.727. The number of amides is 2. The topological polar surface area (TPSA) is 61.9 Å². The Balaban J connectivity index is 1.70. The number of nitrogens with zero attached hydrogens (tertiary/aromatic N) is 2. The van der Waals surface area contributed by atoms with Crippen molar-refractivity contribution >= 4 is 23.4 Å². The van der Waals surface area contributed by atoms with E-state index in [1.165, 1.54) is 0 Å². The van der Waals surface area contributed by atoms with Crippen LogP contribution in [-0.4, -0.2) is 58.9 Å². The van der Waals surface area contributed by atoms with Crippen LogP contribution in [0.2, 0.25) is 5.02 Å². The molecule has 0 aromatic heterocycles. The first-order valence-electron chi connectivity index (χ1n) is 12.5. The summed E-state index contributed by atoms with van der Waals surface area (Å²) in [5.74, 6) is 1.24. The number of hydrogen-bond donors (Lipinski definition) is 1. The number of carbonyl (C=O) groups excluding carboxylic acids is 2. The van der Waals surface area contributed by atoms with E-state index in [-0.39, 0.29) is 17.9 Å². The highest BCUT2D eigenvalue weighted by Crippen LogP contribution is 2.35. The first-order chi connectivity index (χ1) is 15.7. The maximum Gasteiger partial charge on any atom is 0.246 e. The molecule has 2 aliphatic heterocycles. The molecule has 2 saturated heterocycles. The van der Waals surface area contributed by atoms with E-state index in [9.17, 15) is 9.59 Å². The van der Waals surface area contributed by atoms with Crippen LogP contribution < -0.4 is 10.1 Å². The lowest BCUT2D eigenvalue weighted by molar-refractivity contribution is -0.161. The lowest BCUT2D eigenvalue weighted by atomic mass is 9.80. The highest BCUT2D eigenvalue weighted by molar-refractivity contribution is 6.31. The summed E-state index contributed by atoms with van der Waals surface area (Å²) in [6.45, 7) is 13.2. The lowest BCUT2D eigenvalue weighted by Gasteiger charge is -2.52. The molecule has 7 heteroatoms. The van der Waals surface area contributed by atoms with Crippen LogP contribution >= 0.6 is 11.6 Å². The van der Waals surface area contributed by atoms with Crippen molar-refractivity contribution in [1.29, 1.82) is 0 Å². The zero-order valence-electron chi connectivity index (χ0n) is 20.8. The van der Waals surface area contributed by atoms with Gasteiger partial charge in [-0.15, -0.1) is 0 Å². The van der Waals surface area contributed by atoms with Gasteiger partial charge in [-0.05, 0) is 63.1 Å². The minimum absolute atomic E-state index is 0.0247. The van der Waals surface area contributed by atoms with Gasteiger partial charge in [0.15, 0.2) is 0 Å². The number of carbonyl (C=O) groups is 2. The van der Waals surface area contributed by atoms with Crippen LogP contribution in [0.25, 0.3) is 0 Å². The lowest BCUT2D eigenvalue weighted by Crippen LogP contribution is -2.73. The zero-order chi connectivity index (χ0) is 24.2. The third-order valence-electron chi connectivity index (χ3n) is 6.72. The van der Waals surface area contributed by atoms with Crippen LogP contribution in [0.5, 0.6) is 5.75 Å².